The first-order chi connectivity index (χ1) is 9.19. The normalized spacial score (nSPS) is 9.95. The van der Waals surface area contributed by atoms with Gasteiger partial charge in [-0.05, 0) is 36.2 Å². The van der Waals surface area contributed by atoms with Gasteiger partial charge in [-0.3, -0.25) is 4.79 Å². The molecule has 3 nitrogen and oxygen atoms in total. The minimum absolute atomic E-state index is 0.226. The predicted octanol–water partition coefficient (Wildman–Crippen LogP) is 3.16. The molecule has 0 aromatic heterocycles. The van der Waals surface area contributed by atoms with Gasteiger partial charge in [0.2, 0.25) is 0 Å². The van der Waals surface area contributed by atoms with E-state index in [4.69, 9.17) is 4.74 Å². The zero-order valence-electron chi connectivity index (χ0n) is 10.6. The van der Waals surface area contributed by atoms with Gasteiger partial charge in [-0.15, -0.1) is 0 Å². The van der Waals surface area contributed by atoms with E-state index in [1.54, 1.807) is 12.1 Å². The van der Waals surface area contributed by atoms with Crippen molar-refractivity contribution >= 4 is 12.3 Å². The Balaban J connectivity index is 2.08. The lowest BCUT2D eigenvalue weighted by atomic mass is 10.1. The average Bonchev–Trinajstić information content (AvgIpc) is 2.45. The zero-order valence-corrected chi connectivity index (χ0v) is 10.6. The van der Waals surface area contributed by atoms with Gasteiger partial charge in [-0.2, -0.15) is 0 Å². The van der Waals surface area contributed by atoms with Crippen LogP contribution in [0.1, 0.15) is 31.8 Å². The van der Waals surface area contributed by atoms with Gasteiger partial charge in [-0.1, -0.05) is 30.3 Å². The molecule has 0 fully saturated rings. The molecular weight excluding hydrogens is 240 g/mol. The van der Waals surface area contributed by atoms with Crippen molar-refractivity contribution in [1.29, 1.82) is 0 Å². The summed E-state index contributed by atoms with van der Waals surface area (Å²) in [4.78, 5) is 22.7. The van der Waals surface area contributed by atoms with E-state index in [9.17, 15) is 9.59 Å². The zero-order chi connectivity index (χ0) is 13.7. The average molecular weight is 254 g/mol. The Morgan fingerprint density at radius 3 is 2.58 bits per heavy atom. The maximum Gasteiger partial charge on any atom is 0.338 e. The molecule has 0 unspecified atom stereocenters. The number of carbonyl (C=O) groups is 2. The summed E-state index contributed by atoms with van der Waals surface area (Å²) in [6.07, 6.45) is 0.723. The standard InChI is InChI=1S/C16H14O3/c1-12-7-14(10-17)9-15(8-12)16(18)19-11-13-5-3-2-4-6-13/h2-10H,11H2,1H3. The lowest BCUT2D eigenvalue weighted by Crippen LogP contribution is -2.06. The van der Waals surface area contributed by atoms with Crippen molar-refractivity contribution in [2.24, 2.45) is 0 Å². The highest BCUT2D eigenvalue weighted by Gasteiger charge is 2.09. The second-order valence-electron chi connectivity index (χ2n) is 4.31. The molecule has 2 aromatic carbocycles. The van der Waals surface area contributed by atoms with Crippen molar-refractivity contribution < 1.29 is 14.3 Å². The highest BCUT2D eigenvalue weighted by Crippen LogP contribution is 2.11. The van der Waals surface area contributed by atoms with Gasteiger partial charge in [0.1, 0.15) is 12.9 Å². The van der Waals surface area contributed by atoms with Crippen LogP contribution in [0.2, 0.25) is 0 Å². The lowest BCUT2D eigenvalue weighted by Gasteiger charge is -2.06. The molecule has 2 aromatic rings. The maximum absolute atomic E-state index is 11.9. The molecule has 0 amide bonds. The monoisotopic (exact) mass is 254 g/mol. The van der Waals surface area contributed by atoms with Crippen LogP contribution in [0.5, 0.6) is 0 Å². The molecule has 3 heteroatoms. The van der Waals surface area contributed by atoms with E-state index < -0.39 is 5.97 Å². The SMILES string of the molecule is Cc1cc(C=O)cc(C(=O)OCc2ccccc2)c1. The molecule has 0 saturated carbocycles. The molecule has 0 N–H and O–H groups in total. The van der Waals surface area contributed by atoms with Crippen LogP contribution in [0.15, 0.2) is 48.5 Å². The molecule has 0 aliphatic heterocycles. The number of esters is 1. The number of benzene rings is 2. The summed E-state index contributed by atoms with van der Waals surface area (Å²) >= 11 is 0. The summed E-state index contributed by atoms with van der Waals surface area (Å²) in [5.74, 6) is -0.421. The van der Waals surface area contributed by atoms with Gasteiger partial charge in [0.25, 0.3) is 0 Å². The highest BCUT2D eigenvalue weighted by molar-refractivity contribution is 5.92. The second-order valence-corrected chi connectivity index (χ2v) is 4.31. The number of aryl methyl sites for hydroxylation is 1. The number of hydrogen-bond donors (Lipinski definition) is 0. The summed E-state index contributed by atoms with van der Waals surface area (Å²) in [6, 6.07) is 14.4. The van der Waals surface area contributed by atoms with Gasteiger partial charge in [0, 0.05) is 5.56 Å². The Labute approximate surface area is 111 Å². The first-order valence-corrected chi connectivity index (χ1v) is 5.97. The van der Waals surface area contributed by atoms with Crippen LogP contribution in [0.3, 0.4) is 0 Å². The Kier molecular flexibility index (Phi) is 4.08. The van der Waals surface area contributed by atoms with Crippen LogP contribution in [0.25, 0.3) is 0 Å². The molecule has 0 aliphatic rings. The fourth-order valence-electron chi connectivity index (χ4n) is 1.81. The molecular formula is C16H14O3. The summed E-state index contributed by atoms with van der Waals surface area (Å²) in [6.45, 7) is 2.06. The number of aldehydes is 1. The molecule has 0 saturated heterocycles. The van der Waals surface area contributed by atoms with Crippen LogP contribution in [-0.4, -0.2) is 12.3 Å². The van der Waals surface area contributed by atoms with Crippen molar-refractivity contribution in [2.45, 2.75) is 13.5 Å². The Hall–Kier alpha value is -2.42. The number of ether oxygens (including phenoxy) is 1. The molecule has 0 bridgehead atoms. The summed E-state index contributed by atoms with van der Waals surface area (Å²) in [5.41, 5.74) is 2.67. The first kappa shape index (κ1) is 13.0. The second kappa shape index (κ2) is 5.96. The molecule has 0 radical (unpaired) electrons. The van der Waals surface area contributed by atoms with Crippen LogP contribution < -0.4 is 0 Å². The molecule has 19 heavy (non-hydrogen) atoms. The fraction of sp³-hybridized carbons (Fsp3) is 0.125. The Morgan fingerprint density at radius 2 is 1.89 bits per heavy atom. The van der Waals surface area contributed by atoms with Crippen LogP contribution in [0.4, 0.5) is 0 Å². The molecule has 2 rings (SSSR count). The Morgan fingerprint density at radius 1 is 1.16 bits per heavy atom. The van der Waals surface area contributed by atoms with Gasteiger partial charge < -0.3 is 4.74 Å². The van der Waals surface area contributed by atoms with Gasteiger partial charge in [0.05, 0.1) is 5.56 Å². The van der Waals surface area contributed by atoms with E-state index in [0.29, 0.717) is 11.1 Å². The fourth-order valence-corrected chi connectivity index (χ4v) is 1.81. The molecule has 0 spiro atoms. The van der Waals surface area contributed by atoms with Crippen molar-refractivity contribution in [3.8, 4) is 0 Å². The predicted molar refractivity (Wildman–Crippen MR) is 72.1 cm³/mol. The number of carbonyl (C=O) groups excluding carboxylic acids is 2. The first-order valence-electron chi connectivity index (χ1n) is 5.97. The van der Waals surface area contributed by atoms with E-state index in [2.05, 4.69) is 0 Å². The third-order valence-corrected chi connectivity index (χ3v) is 2.68. The molecule has 0 heterocycles. The summed E-state index contributed by atoms with van der Waals surface area (Å²) < 4.78 is 5.21. The van der Waals surface area contributed by atoms with Crippen molar-refractivity contribution in [1.82, 2.24) is 0 Å². The number of rotatable bonds is 4. The van der Waals surface area contributed by atoms with Crippen molar-refractivity contribution in [3.63, 3.8) is 0 Å². The van der Waals surface area contributed by atoms with Gasteiger partial charge in [0.15, 0.2) is 0 Å². The molecule has 0 atom stereocenters. The van der Waals surface area contributed by atoms with E-state index >= 15 is 0 Å². The number of hydrogen-bond acceptors (Lipinski definition) is 3. The Bertz CT molecular complexity index is 588. The van der Waals surface area contributed by atoms with Crippen LogP contribution in [0, 0.1) is 6.92 Å². The summed E-state index contributed by atoms with van der Waals surface area (Å²) in [7, 11) is 0. The van der Waals surface area contributed by atoms with Gasteiger partial charge in [-0.25, -0.2) is 4.79 Å². The third-order valence-electron chi connectivity index (χ3n) is 2.68. The lowest BCUT2D eigenvalue weighted by molar-refractivity contribution is 0.0472. The quantitative estimate of drug-likeness (QED) is 0.621. The van der Waals surface area contributed by atoms with Crippen molar-refractivity contribution in [2.75, 3.05) is 0 Å². The summed E-state index contributed by atoms with van der Waals surface area (Å²) in [5, 5.41) is 0. The highest BCUT2D eigenvalue weighted by atomic mass is 16.5. The smallest absolute Gasteiger partial charge is 0.338 e. The molecule has 0 aliphatic carbocycles. The van der Waals surface area contributed by atoms with E-state index in [1.165, 1.54) is 6.07 Å². The molecule has 96 valence electrons. The van der Waals surface area contributed by atoms with Crippen molar-refractivity contribution in [3.05, 3.63) is 70.8 Å². The van der Waals surface area contributed by atoms with Crippen LogP contribution in [-0.2, 0) is 11.3 Å². The van der Waals surface area contributed by atoms with E-state index in [0.717, 1.165) is 17.4 Å². The van der Waals surface area contributed by atoms with Crippen LogP contribution >= 0.6 is 0 Å². The third kappa shape index (κ3) is 3.52. The van der Waals surface area contributed by atoms with E-state index in [1.807, 2.05) is 37.3 Å². The minimum Gasteiger partial charge on any atom is -0.457 e. The topological polar surface area (TPSA) is 43.4 Å². The maximum atomic E-state index is 11.9. The largest absolute Gasteiger partial charge is 0.457 e. The van der Waals surface area contributed by atoms with E-state index in [-0.39, 0.29) is 6.61 Å². The van der Waals surface area contributed by atoms with Gasteiger partial charge >= 0.3 is 5.97 Å². The minimum atomic E-state index is -0.421.